The second kappa shape index (κ2) is 6.11. The minimum Gasteiger partial charge on any atom is -0.505 e. The van der Waals surface area contributed by atoms with E-state index in [0.29, 0.717) is 6.42 Å². The normalized spacial score (nSPS) is 18.8. The van der Waals surface area contributed by atoms with E-state index in [9.17, 15) is 13.9 Å². The maximum atomic E-state index is 13.4. The van der Waals surface area contributed by atoms with Gasteiger partial charge in [0.1, 0.15) is 0 Å². The number of benzene rings is 1. The summed E-state index contributed by atoms with van der Waals surface area (Å²) in [5.41, 5.74) is 0.727. The summed E-state index contributed by atoms with van der Waals surface area (Å²) in [7, 11) is 0. The molecule has 0 unspecified atom stereocenters. The van der Waals surface area contributed by atoms with Crippen molar-refractivity contribution in [2.45, 2.75) is 12.5 Å². The van der Waals surface area contributed by atoms with E-state index in [4.69, 9.17) is 0 Å². The molecule has 100 valence electrons. The highest BCUT2D eigenvalue weighted by Gasteiger charge is 2.22. The fourth-order valence-electron chi connectivity index (χ4n) is 2.39. The largest absolute Gasteiger partial charge is 0.505 e. The zero-order chi connectivity index (χ0) is 13.0. The van der Waals surface area contributed by atoms with Crippen molar-refractivity contribution in [2.24, 2.45) is 0 Å². The van der Waals surface area contributed by atoms with Gasteiger partial charge in [0.05, 0.1) is 6.67 Å². The Bertz CT molecular complexity index is 395. The number of halogens is 2. The summed E-state index contributed by atoms with van der Waals surface area (Å²) >= 11 is 0. The molecule has 0 bridgehead atoms. The molecule has 1 aromatic carbocycles. The van der Waals surface area contributed by atoms with Gasteiger partial charge in [-0.05, 0) is 24.1 Å². The van der Waals surface area contributed by atoms with Gasteiger partial charge in [0.25, 0.3) is 0 Å². The molecule has 1 fully saturated rings. The van der Waals surface area contributed by atoms with Gasteiger partial charge in [-0.25, -0.2) is 4.39 Å². The van der Waals surface area contributed by atoms with E-state index in [1.54, 1.807) is 6.07 Å². The maximum absolute atomic E-state index is 13.4. The molecule has 18 heavy (non-hydrogen) atoms. The van der Waals surface area contributed by atoms with Crippen LogP contribution in [0.5, 0.6) is 5.75 Å². The number of piperazine rings is 1. The Hall–Kier alpha value is -1.20. The number of phenolic OH excluding ortho intramolecular Hbond substituents is 1. The molecule has 2 N–H and O–H groups in total. The molecule has 0 spiro atoms. The van der Waals surface area contributed by atoms with Crippen molar-refractivity contribution in [3.8, 4) is 5.75 Å². The van der Waals surface area contributed by atoms with Crippen molar-refractivity contribution in [3.05, 3.63) is 29.6 Å². The lowest BCUT2D eigenvalue weighted by atomic mass is 10.0. The molecule has 1 aromatic rings. The molecule has 1 aliphatic rings. The van der Waals surface area contributed by atoms with Crippen molar-refractivity contribution < 1.29 is 13.9 Å². The van der Waals surface area contributed by atoms with E-state index in [0.717, 1.165) is 31.7 Å². The molecule has 0 saturated carbocycles. The lowest BCUT2D eigenvalue weighted by Crippen LogP contribution is -2.45. The Morgan fingerprint density at radius 1 is 1.33 bits per heavy atom. The molecule has 2 rings (SSSR count). The van der Waals surface area contributed by atoms with Crippen LogP contribution in [0.1, 0.15) is 18.0 Å². The summed E-state index contributed by atoms with van der Waals surface area (Å²) in [6.45, 7) is 2.95. The van der Waals surface area contributed by atoms with Crippen molar-refractivity contribution in [2.75, 3.05) is 32.9 Å². The van der Waals surface area contributed by atoms with Gasteiger partial charge in [0, 0.05) is 32.2 Å². The van der Waals surface area contributed by atoms with Gasteiger partial charge in [-0.15, -0.1) is 0 Å². The van der Waals surface area contributed by atoms with Gasteiger partial charge in [0.2, 0.25) is 0 Å². The highest BCUT2D eigenvalue weighted by Crippen LogP contribution is 2.28. The smallest absolute Gasteiger partial charge is 0.165 e. The van der Waals surface area contributed by atoms with E-state index < -0.39 is 12.5 Å². The first-order valence-corrected chi connectivity index (χ1v) is 6.21. The molecule has 1 aliphatic heterocycles. The highest BCUT2D eigenvalue weighted by atomic mass is 19.1. The third-order valence-electron chi connectivity index (χ3n) is 3.33. The Kier molecular flexibility index (Phi) is 4.49. The highest BCUT2D eigenvalue weighted by molar-refractivity contribution is 5.30. The Balaban J connectivity index is 2.19. The third-order valence-corrected chi connectivity index (χ3v) is 3.33. The van der Waals surface area contributed by atoms with E-state index in [1.807, 2.05) is 0 Å². The molecule has 0 amide bonds. The van der Waals surface area contributed by atoms with Crippen molar-refractivity contribution in [1.29, 1.82) is 0 Å². The van der Waals surface area contributed by atoms with Crippen LogP contribution < -0.4 is 5.32 Å². The van der Waals surface area contributed by atoms with Crippen molar-refractivity contribution in [1.82, 2.24) is 10.2 Å². The van der Waals surface area contributed by atoms with Crippen LogP contribution in [0.15, 0.2) is 18.2 Å². The van der Waals surface area contributed by atoms with Crippen LogP contribution in [-0.2, 0) is 0 Å². The minimum atomic E-state index is -0.647. The van der Waals surface area contributed by atoms with Crippen molar-refractivity contribution >= 4 is 0 Å². The van der Waals surface area contributed by atoms with Gasteiger partial charge in [0.15, 0.2) is 11.6 Å². The first-order valence-electron chi connectivity index (χ1n) is 6.21. The number of hydrogen-bond donors (Lipinski definition) is 2. The first kappa shape index (κ1) is 13.2. The molecule has 0 radical (unpaired) electrons. The van der Waals surface area contributed by atoms with Crippen molar-refractivity contribution in [3.63, 3.8) is 0 Å². The van der Waals surface area contributed by atoms with Gasteiger partial charge in [-0.3, -0.25) is 9.29 Å². The summed E-state index contributed by atoms with van der Waals surface area (Å²) in [6.07, 6.45) is 0.351. The number of aromatic hydroxyl groups is 1. The van der Waals surface area contributed by atoms with Gasteiger partial charge >= 0.3 is 0 Å². The van der Waals surface area contributed by atoms with Crippen LogP contribution in [0.25, 0.3) is 0 Å². The van der Waals surface area contributed by atoms with Crippen LogP contribution >= 0.6 is 0 Å². The lowest BCUT2D eigenvalue weighted by Gasteiger charge is -2.34. The molecule has 1 saturated heterocycles. The van der Waals surface area contributed by atoms with Gasteiger partial charge in [-0.1, -0.05) is 6.07 Å². The monoisotopic (exact) mass is 256 g/mol. The number of nitrogens with zero attached hydrogens (tertiary/aromatic N) is 1. The van der Waals surface area contributed by atoms with Crippen LogP contribution in [0.3, 0.4) is 0 Å². The zero-order valence-electron chi connectivity index (χ0n) is 10.2. The van der Waals surface area contributed by atoms with Crippen LogP contribution in [0.2, 0.25) is 0 Å². The SMILES string of the molecule is Oc1ccc([C@H](CCF)N2CCNCC2)cc1F. The van der Waals surface area contributed by atoms with Crippen LogP contribution in [0, 0.1) is 5.82 Å². The number of phenols is 1. The molecule has 0 aliphatic carbocycles. The summed E-state index contributed by atoms with van der Waals surface area (Å²) < 4.78 is 26.1. The molecular formula is C13H18F2N2O. The topological polar surface area (TPSA) is 35.5 Å². The summed E-state index contributed by atoms with van der Waals surface area (Å²) in [4.78, 5) is 2.15. The van der Waals surface area contributed by atoms with E-state index in [-0.39, 0.29) is 11.8 Å². The van der Waals surface area contributed by atoms with Gasteiger partial charge in [-0.2, -0.15) is 0 Å². The molecule has 1 atom stereocenters. The van der Waals surface area contributed by atoms with Crippen LogP contribution in [-0.4, -0.2) is 42.9 Å². The standard InChI is InChI=1S/C13H18F2N2O/c14-4-3-12(17-7-5-16-6-8-17)10-1-2-13(18)11(15)9-10/h1-2,9,12,16,18H,3-8H2/t12-/m0/s1. The second-order valence-corrected chi connectivity index (χ2v) is 4.49. The summed E-state index contributed by atoms with van der Waals surface area (Å²) in [5.74, 6) is -1.01. The second-order valence-electron chi connectivity index (χ2n) is 4.49. The summed E-state index contributed by atoms with van der Waals surface area (Å²) in [5, 5.41) is 12.4. The molecule has 5 heteroatoms. The predicted octanol–water partition coefficient (Wildman–Crippen LogP) is 1.84. The van der Waals surface area contributed by atoms with E-state index in [2.05, 4.69) is 10.2 Å². The average molecular weight is 256 g/mol. The number of hydrogen-bond acceptors (Lipinski definition) is 3. The summed E-state index contributed by atoms with van der Waals surface area (Å²) in [6, 6.07) is 4.18. The molecule has 3 nitrogen and oxygen atoms in total. The molecule has 0 aromatic heterocycles. The van der Waals surface area contributed by atoms with Crippen LogP contribution in [0.4, 0.5) is 8.78 Å². The number of alkyl halides is 1. The maximum Gasteiger partial charge on any atom is 0.165 e. The molecular weight excluding hydrogens is 238 g/mol. The Morgan fingerprint density at radius 2 is 2.06 bits per heavy atom. The zero-order valence-corrected chi connectivity index (χ0v) is 10.2. The van der Waals surface area contributed by atoms with E-state index in [1.165, 1.54) is 12.1 Å². The number of rotatable bonds is 4. The Morgan fingerprint density at radius 3 is 2.67 bits per heavy atom. The predicted molar refractivity (Wildman–Crippen MR) is 65.8 cm³/mol. The average Bonchev–Trinajstić information content (AvgIpc) is 2.40. The van der Waals surface area contributed by atoms with E-state index >= 15 is 0 Å². The number of nitrogens with one attached hydrogen (secondary N) is 1. The fourth-order valence-corrected chi connectivity index (χ4v) is 2.39. The first-order chi connectivity index (χ1) is 8.72. The lowest BCUT2D eigenvalue weighted by molar-refractivity contribution is 0.157. The molecule has 1 heterocycles. The quantitative estimate of drug-likeness (QED) is 0.863. The Labute approximate surface area is 105 Å². The minimum absolute atomic E-state index is 0.118. The third kappa shape index (κ3) is 2.97. The van der Waals surface area contributed by atoms with Gasteiger partial charge < -0.3 is 10.4 Å². The fraction of sp³-hybridized carbons (Fsp3) is 0.538.